The summed E-state index contributed by atoms with van der Waals surface area (Å²) >= 11 is 0. The topological polar surface area (TPSA) is 69.8 Å². The quantitative estimate of drug-likeness (QED) is 0.751. The molecule has 0 saturated heterocycles. The number of aromatic amines is 1. The van der Waals surface area contributed by atoms with Crippen molar-refractivity contribution in [2.45, 2.75) is 19.4 Å². The Balaban J connectivity index is 2.22. The number of imidazole rings is 1. The minimum Gasteiger partial charge on any atom is -0.324 e. The van der Waals surface area contributed by atoms with Gasteiger partial charge in [-0.15, -0.1) is 0 Å². The van der Waals surface area contributed by atoms with E-state index in [-0.39, 0.29) is 5.91 Å². The highest BCUT2D eigenvalue weighted by atomic mass is 16.2. The molecule has 0 aliphatic heterocycles. The van der Waals surface area contributed by atoms with Crippen molar-refractivity contribution in [1.29, 1.82) is 0 Å². The van der Waals surface area contributed by atoms with Crippen LogP contribution in [0.1, 0.15) is 13.8 Å². The van der Waals surface area contributed by atoms with Crippen LogP contribution in [0.5, 0.6) is 0 Å². The van der Waals surface area contributed by atoms with E-state index in [9.17, 15) is 4.79 Å². The van der Waals surface area contributed by atoms with Crippen LogP contribution in [0.25, 0.3) is 11.0 Å². The predicted molar refractivity (Wildman–Crippen MR) is 67.9 cm³/mol. The molecule has 2 aromatic rings. The standard InChI is InChI=1S/C12H16N4O/c1-12(2,13-3)10(17)16-11-14-8-6-4-5-7-9(8)15-11/h4-7,13H,1-3H3,(H2,14,15,16,17). The zero-order chi connectivity index (χ0) is 12.5. The number of anilines is 1. The Morgan fingerprint density at radius 1 is 1.35 bits per heavy atom. The molecular formula is C12H16N4O. The van der Waals surface area contributed by atoms with Crippen LogP contribution in [-0.4, -0.2) is 28.5 Å². The van der Waals surface area contributed by atoms with Gasteiger partial charge in [-0.05, 0) is 33.0 Å². The van der Waals surface area contributed by atoms with Crippen LogP contribution in [-0.2, 0) is 4.79 Å². The Labute approximate surface area is 99.6 Å². The van der Waals surface area contributed by atoms with E-state index < -0.39 is 5.54 Å². The Bertz CT molecular complexity index is 511. The molecule has 17 heavy (non-hydrogen) atoms. The predicted octanol–water partition coefficient (Wildman–Crippen LogP) is 1.50. The summed E-state index contributed by atoms with van der Waals surface area (Å²) in [5.74, 6) is 0.346. The van der Waals surface area contributed by atoms with Crippen molar-refractivity contribution in [3.05, 3.63) is 24.3 Å². The summed E-state index contributed by atoms with van der Waals surface area (Å²) in [7, 11) is 1.75. The van der Waals surface area contributed by atoms with Crippen LogP contribution in [0.4, 0.5) is 5.95 Å². The fourth-order valence-electron chi connectivity index (χ4n) is 1.39. The van der Waals surface area contributed by atoms with Gasteiger partial charge in [0.1, 0.15) is 0 Å². The lowest BCUT2D eigenvalue weighted by Crippen LogP contribution is -2.48. The maximum atomic E-state index is 11.9. The molecule has 1 aromatic carbocycles. The van der Waals surface area contributed by atoms with Crippen molar-refractivity contribution in [1.82, 2.24) is 15.3 Å². The van der Waals surface area contributed by atoms with Gasteiger partial charge in [0.15, 0.2) is 0 Å². The second kappa shape index (κ2) is 4.18. The van der Waals surface area contributed by atoms with Gasteiger partial charge in [0.05, 0.1) is 16.6 Å². The molecule has 1 amide bonds. The summed E-state index contributed by atoms with van der Waals surface area (Å²) in [6, 6.07) is 7.64. The first kappa shape index (κ1) is 11.6. The number of carbonyl (C=O) groups excluding carboxylic acids is 1. The average Bonchev–Trinajstić information content (AvgIpc) is 2.70. The fraction of sp³-hybridized carbons (Fsp3) is 0.333. The molecule has 0 saturated carbocycles. The molecule has 0 bridgehead atoms. The number of nitrogens with zero attached hydrogens (tertiary/aromatic N) is 1. The van der Waals surface area contributed by atoms with E-state index in [1.54, 1.807) is 7.05 Å². The van der Waals surface area contributed by atoms with Gasteiger partial charge in [0.25, 0.3) is 0 Å². The van der Waals surface area contributed by atoms with Crippen LogP contribution in [0, 0.1) is 0 Å². The summed E-state index contributed by atoms with van der Waals surface area (Å²) in [6.45, 7) is 3.62. The molecule has 90 valence electrons. The summed E-state index contributed by atoms with van der Waals surface area (Å²) in [5, 5.41) is 5.70. The normalized spacial score (nSPS) is 11.7. The largest absolute Gasteiger partial charge is 0.324 e. The van der Waals surface area contributed by atoms with Crippen LogP contribution >= 0.6 is 0 Å². The number of hydrogen-bond donors (Lipinski definition) is 3. The van der Waals surface area contributed by atoms with E-state index in [4.69, 9.17) is 0 Å². The summed E-state index contributed by atoms with van der Waals surface area (Å²) < 4.78 is 0. The second-order valence-corrected chi connectivity index (χ2v) is 4.43. The van der Waals surface area contributed by atoms with Crippen LogP contribution < -0.4 is 10.6 Å². The first-order chi connectivity index (χ1) is 8.03. The van der Waals surface area contributed by atoms with Crippen molar-refractivity contribution in [2.75, 3.05) is 12.4 Å². The number of carbonyl (C=O) groups is 1. The molecule has 0 aliphatic carbocycles. The SMILES string of the molecule is CNC(C)(C)C(=O)Nc1nc2ccccc2[nH]1. The zero-order valence-electron chi connectivity index (χ0n) is 10.2. The molecule has 1 heterocycles. The highest BCUT2D eigenvalue weighted by molar-refractivity contribution is 5.97. The zero-order valence-corrected chi connectivity index (χ0v) is 10.2. The molecule has 0 spiro atoms. The van der Waals surface area contributed by atoms with Gasteiger partial charge in [0, 0.05) is 0 Å². The summed E-state index contributed by atoms with van der Waals surface area (Å²) in [6.07, 6.45) is 0. The minimum absolute atomic E-state index is 0.126. The monoisotopic (exact) mass is 232 g/mol. The van der Waals surface area contributed by atoms with Gasteiger partial charge in [-0.1, -0.05) is 12.1 Å². The molecule has 1 aromatic heterocycles. The van der Waals surface area contributed by atoms with E-state index in [0.29, 0.717) is 5.95 Å². The average molecular weight is 232 g/mol. The number of fused-ring (bicyclic) bond motifs is 1. The molecular weight excluding hydrogens is 216 g/mol. The maximum Gasteiger partial charge on any atom is 0.246 e. The minimum atomic E-state index is -0.626. The summed E-state index contributed by atoms with van der Waals surface area (Å²) in [4.78, 5) is 19.2. The lowest BCUT2D eigenvalue weighted by Gasteiger charge is -2.21. The smallest absolute Gasteiger partial charge is 0.246 e. The Hall–Kier alpha value is -1.88. The van der Waals surface area contributed by atoms with E-state index in [0.717, 1.165) is 11.0 Å². The number of hydrogen-bond acceptors (Lipinski definition) is 3. The highest BCUT2D eigenvalue weighted by Gasteiger charge is 2.25. The van der Waals surface area contributed by atoms with E-state index in [1.165, 1.54) is 0 Å². The van der Waals surface area contributed by atoms with Crippen molar-refractivity contribution in [2.24, 2.45) is 0 Å². The first-order valence-electron chi connectivity index (χ1n) is 5.48. The molecule has 5 heteroatoms. The number of amides is 1. The van der Waals surface area contributed by atoms with Crippen molar-refractivity contribution >= 4 is 22.9 Å². The number of benzene rings is 1. The lowest BCUT2D eigenvalue weighted by molar-refractivity contribution is -0.121. The molecule has 5 nitrogen and oxygen atoms in total. The van der Waals surface area contributed by atoms with Crippen LogP contribution in [0.3, 0.4) is 0 Å². The molecule has 0 aliphatic rings. The lowest BCUT2D eigenvalue weighted by atomic mass is 10.1. The molecule has 0 radical (unpaired) electrons. The second-order valence-electron chi connectivity index (χ2n) is 4.43. The third-order valence-corrected chi connectivity index (χ3v) is 2.81. The van der Waals surface area contributed by atoms with Crippen molar-refractivity contribution in [3.8, 4) is 0 Å². The number of likely N-dealkylation sites (N-methyl/N-ethyl adjacent to an activating group) is 1. The maximum absolute atomic E-state index is 11.9. The Morgan fingerprint density at radius 3 is 2.71 bits per heavy atom. The van der Waals surface area contributed by atoms with Gasteiger partial charge in [-0.25, -0.2) is 4.98 Å². The van der Waals surface area contributed by atoms with Gasteiger partial charge < -0.3 is 10.3 Å². The number of para-hydroxylation sites is 2. The van der Waals surface area contributed by atoms with Gasteiger partial charge in [0.2, 0.25) is 11.9 Å². The number of rotatable bonds is 3. The van der Waals surface area contributed by atoms with Crippen LogP contribution in [0.15, 0.2) is 24.3 Å². The van der Waals surface area contributed by atoms with Crippen LogP contribution in [0.2, 0.25) is 0 Å². The fourth-order valence-corrected chi connectivity index (χ4v) is 1.39. The van der Waals surface area contributed by atoms with E-state index >= 15 is 0 Å². The molecule has 0 fully saturated rings. The Kier molecular flexibility index (Phi) is 2.85. The third-order valence-electron chi connectivity index (χ3n) is 2.81. The van der Waals surface area contributed by atoms with Gasteiger partial charge in [-0.3, -0.25) is 10.1 Å². The van der Waals surface area contributed by atoms with E-state index in [2.05, 4.69) is 20.6 Å². The van der Waals surface area contributed by atoms with Gasteiger partial charge in [-0.2, -0.15) is 0 Å². The Morgan fingerprint density at radius 2 is 2.06 bits per heavy atom. The van der Waals surface area contributed by atoms with E-state index in [1.807, 2.05) is 38.1 Å². The number of H-pyrrole nitrogens is 1. The van der Waals surface area contributed by atoms with Crippen molar-refractivity contribution < 1.29 is 4.79 Å². The molecule has 3 N–H and O–H groups in total. The summed E-state index contributed by atoms with van der Waals surface area (Å²) in [5.41, 5.74) is 1.12. The van der Waals surface area contributed by atoms with Gasteiger partial charge >= 0.3 is 0 Å². The van der Waals surface area contributed by atoms with Crippen molar-refractivity contribution in [3.63, 3.8) is 0 Å². The molecule has 0 atom stereocenters. The highest BCUT2D eigenvalue weighted by Crippen LogP contribution is 2.14. The molecule has 2 rings (SSSR count). The first-order valence-corrected chi connectivity index (χ1v) is 5.48. The molecule has 0 unspecified atom stereocenters. The number of aromatic nitrogens is 2. The third kappa shape index (κ3) is 2.29. The number of nitrogens with one attached hydrogen (secondary N) is 3.